The van der Waals surface area contributed by atoms with Crippen LogP contribution in [0.15, 0.2) is 47.4 Å². The van der Waals surface area contributed by atoms with E-state index in [0.717, 1.165) is 16.8 Å². The number of methoxy groups -OCH3 is 1. The zero-order valence-corrected chi connectivity index (χ0v) is 15.8. The first-order valence-corrected chi connectivity index (χ1v) is 9.85. The summed E-state index contributed by atoms with van der Waals surface area (Å²) in [5.41, 5.74) is 3.04. The van der Waals surface area contributed by atoms with E-state index in [2.05, 4.69) is 4.72 Å². The minimum atomic E-state index is -3.78. The second-order valence-electron chi connectivity index (χ2n) is 6.40. The van der Waals surface area contributed by atoms with Crippen LogP contribution in [-0.2, 0) is 14.8 Å². The van der Waals surface area contributed by atoms with Crippen molar-refractivity contribution in [2.75, 3.05) is 18.6 Å². The Labute approximate surface area is 153 Å². The number of carbonyl (C=O) groups is 1. The van der Waals surface area contributed by atoms with Gasteiger partial charge in [-0.15, -0.1) is 0 Å². The van der Waals surface area contributed by atoms with Gasteiger partial charge in [-0.1, -0.05) is 6.07 Å². The molecule has 1 fully saturated rings. The minimum absolute atomic E-state index is 0.107. The third-order valence-corrected chi connectivity index (χ3v) is 6.16. The van der Waals surface area contributed by atoms with Crippen LogP contribution in [0.2, 0.25) is 0 Å². The summed E-state index contributed by atoms with van der Waals surface area (Å²) in [5, 5.41) is 0. The van der Waals surface area contributed by atoms with Gasteiger partial charge in [-0.05, 0) is 67.8 Å². The van der Waals surface area contributed by atoms with Crippen molar-refractivity contribution in [2.24, 2.45) is 0 Å². The van der Waals surface area contributed by atoms with Gasteiger partial charge in [0.1, 0.15) is 11.8 Å². The molecule has 7 heteroatoms. The summed E-state index contributed by atoms with van der Waals surface area (Å²) in [6.07, 6.45) is 0.432. The number of hydrogen-bond acceptors (Lipinski definition) is 4. The fourth-order valence-electron chi connectivity index (χ4n) is 2.95. The molecule has 0 unspecified atom stereocenters. The zero-order valence-electron chi connectivity index (χ0n) is 15.0. The molecule has 1 atom stereocenters. The Morgan fingerprint density at radius 2 is 1.77 bits per heavy atom. The largest absolute Gasteiger partial charge is 0.497 e. The highest BCUT2D eigenvalue weighted by Crippen LogP contribution is 2.25. The number of sulfonamides is 1. The molecular formula is C19H22N2O4S. The summed E-state index contributed by atoms with van der Waals surface area (Å²) >= 11 is 0. The molecule has 0 radical (unpaired) electrons. The molecule has 0 spiro atoms. The van der Waals surface area contributed by atoms with E-state index in [4.69, 9.17) is 4.74 Å². The lowest BCUT2D eigenvalue weighted by Crippen LogP contribution is -2.41. The summed E-state index contributed by atoms with van der Waals surface area (Å²) in [4.78, 5) is 14.4. The van der Waals surface area contributed by atoms with Crippen molar-refractivity contribution < 1.29 is 17.9 Å². The number of amides is 1. The molecule has 2 aromatic carbocycles. The molecule has 0 bridgehead atoms. The van der Waals surface area contributed by atoms with Gasteiger partial charge in [0.05, 0.1) is 12.0 Å². The van der Waals surface area contributed by atoms with Gasteiger partial charge < -0.3 is 9.64 Å². The summed E-state index contributed by atoms with van der Waals surface area (Å²) in [7, 11) is -2.26. The van der Waals surface area contributed by atoms with Crippen LogP contribution in [0, 0.1) is 13.8 Å². The van der Waals surface area contributed by atoms with E-state index in [1.165, 1.54) is 19.2 Å². The van der Waals surface area contributed by atoms with Crippen LogP contribution in [0.5, 0.6) is 5.75 Å². The topological polar surface area (TPSA) is 75.7 Å². The van der Waals surface area contributed by atoms with Crippen molar-refractivity contribution in [3.63, 3.8) is 0 Å². The van der Waals surface area contributed by atoms with E-state index in [9.17, 15) is 13.2 Å². The molecule has 1 amide bonds. The molecule has 1 aliphatic heterocycles. The van der Waals surface area contributed by atoms with Crippen LogP contribution in [0.3, 0.4) is 0 Å². The number of rotatable bonds is 5. The van der Waals surface area contributed by atoms with E-state index in [-0.39, 0.29) is 10.8 Å². The highest BCUT2D eigenvalue weighted by atomic mass is 32.2. The Hall–Kier alpha value is -2.38. The van der Waals surface area contributed by atoms with Crippen molar-refractivity contribution in [3.8, 4) is 5.75 Å². The monoisotopic (exact) mass is 374 g/mol. The molecule has 1 N–H and O–H groups in total. The smallest absolute Gasteiger partial charge is 0.245 e. The lowest BCUT2D eigenvalue weighted by molar-refractivity contribution is -0.118. The molecule has 1 saturated heterocycles. The summed E-state index contributed by atoms with van der Waals surface area (Å²) in [6, 6.07) is 11.1. The lowest BCUT2D eigenvalue weighted by atomic mass is 10.1. The summed E-state index contributed by atoms with van der Waals surface area (Å²) in [5.74, 6) is 0.340. The normalized spacial score (nSPS) is 17.6. The van der Waals surface area contributed by atoms with Crippen molar-refractivity contribution >= 4 is 21.6 Å². The average Bonchev–Trinajstić information content (AvgIpc) is 2.97. The molecule has 3 rings (SSSR count). The number of anilines is 1. The molecule has 1 heterocycles. The first-order chi connectivity index (χ1) is 12.3. The zero-order chi connectivity index (χ0) is 18.9. The van der Waals surface area contributed by atoms with Crippen molar-refractivity contribution in [3.05, 3.63) is 53.6 Å². The standard InChI is InChI=1S/C19H22N2O4S/c1-13-4-5-15(12-14(13)2)21-11-10-18(19(21)22)20-26(23,24)17-8-6-16(25-3)7-9-17/h4-9,12,18,20H,10-11H2,1-3H3/t18-/m0/s1. The molecule has 138 valence electrons. The lowest BCUT2D eigenvalue weighted by Gasteiger charge is -2.18. The van der Waals surface area contributed by atoms with Crippen LogP contribution in [0.1, 0.15) is 17.5 Å². The second kappa shape index (κ2) is 7.09. The number of aryl methyl sites for hydroxylation is 2. The van der Waals surface area contributed by atoms with Gasteiger partial charge in [0.2, 0.25) is 15.9 Å². The highest BCUT2D eigenvalue weighted by molar-refractivity contribution is 7.89. The van der Waals surface area contributed by atoms with Gasteiger partial charge in [0.25, 0.3) is 0 Å². The molecule has 1 aliphatic rings. The van der Waals surface area contributed by atoms with Crippen LogP contribution < -0.4 is 14.4 Å². The highest BCUT2D eigenvalue weighted by Gasteiger charge is 2.35. The van der Waals surface area contributed by atoms with E-state index < -0.39 is 16.1 Å². The molecule has 0 saturated carbocycles. The fraction of sp³-hybridized carbons (Fsp3) is 0.316. The van der Waals surface area contributed by atoms with Gasteiger partial charge in [-0.3, -0.25) is 4.79 Å². The molecule has 2 aromatic rings. The van der Waals surface area contributed by atoms with Crippen LogP contribution in [0.4, 0.5) is 5.69 Å². The minimum Gasteiger partial charge on any atom is -0.497 e. The molecule has 0 aliphatic carbocycles. The third kappa shape index (κ3) is 3.59. The SMILES string of the molecule is COc1ccc(S(=O)(=O)N[C@H]2CCN(c3ccc(C)c(C)c3)C2=O)cc1. The molecular weight excluding hydrogens is 352 g/mol. The van der Waals surface area contributed by atoms with Crippen LogP contribution in [-0.4, -0.2) is 34.0 Å². The van der Waals surface area contributed by atoms with Gasteiger partial charge in [-0.2, -0.15) is 4.72 Å². The Kier molecular flexibility index (Phi) is 5.02. The number of nitrogens with one attached hydrogen (secondary N) is 1. The number of hydrogen-bond donors (Lipinski definition) is 1. The van der Waals surface area contributed by atoms with Crippen molar-refractivity contribution in [2.45, 2.75) is 31.2 Å². The van der Waals surface area contributed by atoms with Gasteiger partial charge in [0, 0.05) is 12.2 Å². The summed E-state index contributed by atoms with van der Waals surface area (Å²) in [6.45, 7) is 4.48. The van der Waals surface area contributed by atoms with E-state index in [1.807, 2.05) is 32.0 Å². The van der Waals surface area contributed by atoms with E-state index >= 15 is 0 Å². The fourth-order valence-corrected chi connectivity index (χ4v) is 4.17. The average molecular weight is 374 g/mol. The Morgan fingerprint density at radius 3 is 2.38 bits per heavy atom. The Morgan fingerprint density at radius 1 is 1.08 bits per heavy atom. The first-order valence-electron chi connectivity index (χ1n) is 8.37. The van der Waals surface area contributed by atoms with Crippen molar-refractivity contribution in [1.82, 2.24) is 4.72 Å². The predicted molar refractivity (Wildman–Crippen MR) is 100.0 cm³/mol. The third-order valence-electron chi connectivity index (χ3n) is 4.67. The quantitative estimate of drug-likeness (QED) is 0.872. The molecule has 6 nitrogen and oxygen atoms in total. The Balaban J connectivity index is 1.76. The predicted octanol–water partition coefficient (Wildman–Crippen LogP) is 2.40. The second-order valence-corrected chi connectivity index (χ2v) is 8.11. The number of ether oxygens (including phenoxy) is 1. The number of benzene rings is 2. The maximum atomic E-state index is 12.7. The van der Waals surface area contributed by atoms with Crippen LogP contribution in [0.25, 0.3) is 0 Å². The van der Waals surface area contributed by atoms with Crippen molar-refractivity contribution in [1.29, 1.82) is 0 Å². The Bertz CT molecular complexity index is 923. The van der Waals surface area contributed by atoms with Gasteiger partial charge >= 0.3 is 0 Å². The van der Waals surface area contributed by atoms with E-state index in [0.29, 0.717) is 18.7 Å². The number of carbonyl (C=O) groups excluding carboxylic acids is 1. The molecule has 0 aromatic heterocycles. The van der Waals surface area contributed by atoms with Crippen LogP contribution >= 0.6 is 0 Å². The molecule has 26 heavy (non-hydrogen) atoms. The van der Waals surface area contributed by atoms with E-state index in [1.54, 1.807) is 17.0 Å². The van der Waals surface area contributed by atoms with Gasteiger partial charge in [0.15, 0.2) is 0 Å². The maximum absolute atomic E-state index is 12.7. The number of nitrogens with zero attached hydrogens (tertiary/aromatic N) is 1. The van der Waals surface area contributed by atoms with Gasteiger partial charge in [-0.25, -0.2) is 8.42 Å². The maximum Gasteiger partial charge on any atom is 0.245 e. The first kappa shape index (κ1) is 18.4. The summed E-state index contributed by atoms with van der Waals surface area (Å²) < 4.78 is 32.7.